The van der Waals surface area contributed by atoms with Crippen molar-refractivity contribution in [1.82, 2.24) is 0 Å². The Bertz CT molecular complexity index is 132. The van der Waals surface area contributed by atoms with Crippen LogP contribution in [0.1, 0.15) is 59.3 Å². The van der Waals surface area contributed by atoms with Gasteiger partial charge in [0, 0.05) is 6.42 Å². The summed E-state index contributed by atoms with van der Waals surface area (Å²) in [5.74, 6) is 0. The number of hydrogen-bond acceptors (Lipinski definition) is 2. The second-order valence-corrected chi connectivity index (χ2v) is 4.16. The second kappa shape index (κ2) is 8.49. The van der Waals surface area contributed by atoms with Gasteiger partial charge in [-0.1, -0.05) is 32.6 Å². The molecule has 0 fully saturated rings. The summed E-state index contributed by atoms with van der Waals surface area (Å²) in [6.45, 7) is 6.26. The maximum atomic E-state index is 5.39. The SMILES string of the molecule is CCCCCCCC(=S)OC(C)C. The van der Waals surface area contributed by atoms with Gasteiger partial charge in [-0.3, -0.25) is 0 Å². The molecule has 0 saturated carbocycles. The first kappa shape index (κ1) is 12.9. The Hall–Kier alpha value is -0.110. The predicted octanol–water partition coefficient (Wildman–Crippen LogP) is 4.10. The van der Waals surface area contributed by atoms with E-state index < -0.39 is 0 Å². The molecule has 0 aliphatic rings. The first-order valence-corrected chi connectivity index (χ1v) is 5.77. The van der Waals surface area contributed by atoms with Crippen molar-refractivity contribution in [2.45, 2.75) is 65.4 Å². The third kappa shape index (κ3) is 9.81. The average Bonchev–Trinajstić information content (AvgIpc) is 2.02. The molecule has 0 saturated heterocycles. The summed E-state index contributed by atoms with van der Waals surface area (Å²) in [5.41, 5.74) is 0. The Morgan fingerprint density at radius 2 is 1.77 bits per heavy atom. The van der Waals surface area contributed by atoms with Crippen LogP contribution in [-0.2, 0) is 4.74 Å². The van der Waals surface area contributed by atoms with Crippen molar-refractivity contribution in [1.29, 1.82) is 0 Å². The van der Waals surface area contributed by atoms with Gasteiger partial charge in [0.2, 0.25) is 0 Å². The molecule has 0 aliphatic heterocycles. The molecule has 2 heteroatoms. The van der Waals surface area contributed by atoms with Gasteiger partial charge in [0.15, 0.2) is 5.05 Å². The molecule has 0 radical (unpaired) electrons. The smallest absolute Gasteiger partial charge is 0.160 e. The Morgan fingerprint density at radius 3 is 2.31 bits per heavy atom. The molecule has 0 rings (SSSR count). The summed E-state index contributed by atoms with van der Waals surface area (Å²) in [6, 6.07) is 0. The van der Waals surface area contributed by atoms with E-state index in [1.54, 1.807) is 0 Å². The van der Waals surface area contributed by atoms with Gasteiger partial charge < -0.3 is 4.74 Å². The highest BCUT2D eigenvalue weighted by molar-refractivity contribution is 7.80. The predicted molar refractivity (Wildman–Crippen MR) is 62.2 cm³/mol. The molecule has 0 aromatic heterocycles. The minimum absolute atomic E-state index is 0.239. The zero-order valence-electron chi connectivity index (χ0n) is 9.14. The van der Waals surface area contributed by atoms with Crippen LogP contribution in [0.25, 0.3) is 0 Å². The molecule has 78 valence electrons. The third-order valence-electron chi connectivity index (χ3n) is 1.85. The normalized spacial score (nSPS) is 10.5. The van der Waals surface area contributed by atoms with E-state index in [9.17, 15) is 0 Å². The molecule has 1 nitrogen and oxygen atoms in total. The minimum atomic E-state index is 0.239. The summed E-state index contributed by atoms with van der Waals surface area (Å²) < 4.78 is 5.39. The molecule has 0 atom stereocenters. The average molecular weight is 202 g/mol. The van der Waals surface area contributed by atoms with Gasteiger partial charge in [-0.2, -0.15) is 0 Å². The number of ether oxygens (including phenoxy) is 1. The van der Waals surface area contributed by atoms with Crippen molar-refractivity contribution in [2.24, 2.45) is 0 Å². The molecule has 0 unspecified atom stereocenters. The summed E-state index contributed by atoms with van der Waals surface area (Å²) in [7, 11) is 0. The largest absolute Gasteiger partial charge is 0.484 e. The Kier molecular flexibility index (Phi) is 8.41. The molecule has 0 heterocycles. The quantitative estimate of drug-likeness (QED) is 0.454. The van der Waals surface area contributed by atoms with E-state index in [1.165, 1.54) is 32.1 Å². The van der Waals surface area contributed by atoms with Gasteiger partial charge in [-0.15, -0.1) is 0 Å². The molecule has 13 heavy (non-hydrogen) atoms. The van der Waals surface area contributed by atoms with E-state index in [-0.39, 0.29) is 6.10 Å². The van der Waals surface area contributed by atoms with Crippen molar-refractivity contribution in [2.75, 3.05) is 0 Å². The van der Waals surface area contributed by atoms with Crippen LogP contribution in [-0.4, -0.2) is 11.2 Å². The summed E-state index contributed by atoms with van der Waals surface area (Å²) in [6.07, 6.45) is 7.65. The molecule has 0 aromatic rings. The Balaban J connectivity index is 3.17. The van der Waals surface area contributed by atoms with Crippen LogP contribution in [0.4, 0.5) is 0 Å². The lowest BCUT2D eigenvalue weighted by Gasteiger charge is -2.10. The highest BCUT2D eigenvalue weighted by Crippen LogP contribution is 2.07. The number of unbranched alkanes of at least 4 members (excludes halogenated alkanes) is 4. The van der Waals surface area contributed by atoms with Crippen molar-refractivity contribution < 1.29 is 4.74 Å². The van der Waals surface area contributed by atoms with Crippen molar-refractivity contribution in [3.63, 3.8) is 0 Å². The van der Waals surface area contributed by atoms with Crippen molar-refractivity contribution >= 4 is 17.3 Å². The first-order valence-electron chi connectivity index (χ1n) is 5.36. The van der Waals surface area contributed by atoms with Gasteiger partial charge >= 0.3 is 0 Å². The van der Waals surface area contributed by atoms with Gasteiger partial charge in [0.05, 0.1) is 6.10 Å². The fraction of sp³-hybridized carbons (Fsp3) is 0.909. The number of rotatable bonds is 7. The molecule has 0 bridgehead atoms. The van der Waals surface area contributed by atoms with Crippen LogP contribution in [0.15, 0.2) is 0 Å². The van der Waals surface area contributed by atoms with Crippen LogP contribution in [0, 0.1) is 0 Å². The van der Waals surface area contributed by atoms with Gasteiger partial charge in [-0.05, 0) is 32.5 Å². The fourth-order valence-corrected chi connectivity index (χ4v) is 1.53. The lowest BCUT2D eigenvalue weighted by Crippen LogP contribution is -2.08. The maximum Gasteiger partial charge on any atom is 0.160 e. The van der Waals surface area contributed by atoms with E-state index in [4.69, 9.17) is 17.0 Å². The van der Waals surface area contributed by atoms with Gasteiger partial charge in [-0.25, -0.2) is 0 Å². The number of hydrogen-bond donors (Lipinski definition) is 0. The number of thiocarbonyl (C=S) groups is 1. The van der Waals surface area contributed by atoms with Crippen LogP contribution in [0.2, 0.25) is 0 Å². The molecular formula is C11H22OS. The zero-order valence-corrected chi connectivity index (χ0v) is 9.95. The van der Waals surface area contributed by atoms with E-state index in [2.05, 4.69) is 6.92 Å². The molecule has 0 aliphatic carbocycles. The van der Waals surface area contributed by atoms with Crippen LogP contribution in [0.5, 0.6) is 0 Å². The topological polar surface area (TPSA) is 9.23 Å². The minimum Gasteiger partial charge on any atom is -0.484 e. The zero-order chi connectivity index (χ0) is 10.1. The lowest BCUT2D eigenvalue weighted by molar-refractivity contribution is 0.228. The van der Waals surface area contributed by atoms with E-state index in [1.807, 2.05) is 13.8 Å². The summed E-state index contributed by atoms with van der Waals surface area (Å²) in [5, 5.41) is 0.784. The molecule has 0 N–H and O–H groups in total. The van der Waals surface area contributed by atoms with E-state index in [0.29, 0.717) is 0 Å². The van der Waals surface area contributed by atoms with Crippen LogP contribution < -0.4 is 0 Å². The van der Waals surface area contributed by atoms with E-state index in [0.717, 1.165) is 11.5 Å². The lowest BCUT2D eigenvalue weighted by atomic mass is 10.1. The van der Waals surface area contributed by atoms with Crippen LogP contribution >= 0.6 is 12.2 Å². The standard InChI is InChI=1S/C11H22OS/c1-4-5-6-7-8-9-11(13)12-10(2)3/h10H,4-9H2,1-3H3. The first-order chi connectivity index (χ1) is 6.16. The Morgan fingerprint density at radius 1 is 1.15 bits per heavy atom. The molecule has 0 amide bonds. The highest BCUT2D eigenvalue weighted by atomic mass is 32.1. The molecule has 0 aromatic carbocycles. The summed E-state index contributed by atoms with van der Waals surface area (Å²) in [4.78, 5) is 0. The van der Waals surface area contributed by atoms with Crippen molar-refractivity contribution in [3.8, 4) is 0 Å². The highest BCUT2D eigenvalue weighted by Gasteiger charge is 2.00. The third-order valence-corrected chi connectivity index (χ3v) is 2.15. The summed E-state index contributed by atoms with van der Waals surface area (Å²) >= 11 is 5.09. The molecule has 0 spiro atoms. The van der Waals surface area contributed by atoms with Gasteiger partial charge in [0.1, 0.15) is 0 Å². The maximum absolute atomic E-state index is 5.39. The van der Waals surface area contributed by atoms with Crippen LogP contribution in [0.3, 0.4) is 0 Å². The fourth-order valence-electron chi connectivity index (χ4n) is 1.19. The van der Waals surface area contributed by atoms with Gasteiger partial charge in [0.25, 0.3) is 0 Å². The Labute approximate surface area is 87.9 Å². The molecular weight excluding hydrogens is 180 g/mol. The van der Waals surface area contributed by atoms with Crippen molar-refractivity contribution in [3.05, 3.63) is 0 Å². The second-order valence-electron chi connectivity index (χ2n) is 3.70. The van der Waals surface area contributed by atoms with E-state index >= 15 is 0 Å². The monoisotopic (exact) mass is 202 g/mol.